The summed E-state index contributed by atoms with van der Waals surface area (Å²) in [6.45, 7) is 0.238. The molecule has 0 aliphatic rings. The molecule has 0 atom stereocenters. The fourth-order valence-electron chi connectivity index (χ4n) is 2.55. The van der Waals surface area contributed by atoms with Crippen molar-refractivity contribution in [3.05, 3.63) is 60.3 Å². The Hall–Kier alpha value is -3.22. The molecule has 6 nitrogen and oxygen atoms in total. The summed E-state index contributed by atoms with van der Waals surface area (Å²) in [6.07, 6.45) is 4.32. The van der Waals surface area contributed by atoms with Gasteiger partial charge in [0.1, 0.15) is 12.1 Å². The lowest BCUT2D eigenvalue weighted by molar-refractivity contribution is 0.0947. The minimum atomic E-state index is -0.342. The molecule has 7 heteroatoms. The summed E-state index contributed by atoms with van der Waals surface area (Å²) < 4.78 is 18.2. The smallest absolute Gasteiger partial charge is 0.272 e. The molecule has 114 valence electrons. The molecule has 0 spiro atoms. The SMILES string of the molecule is O=C(NCc1cocn1)c1nccc2c1[nH]c1cc(F)ccc12. The number of rotatable bonds is 3. The number of carbonyl (C=O) groups excluding carboxylic acids is 1. The zero-order valence-corrected chi connectivity index (χ0v) is 11.8. The van der Waals surface area contributed by atoms with E-state index < -0.39 is 0 Å². The molecule has 0 saturated heterocycles. The summed E-state index contributed by atoms with van der Waals surface area (Å²) in [7, 11) is 0. The van der Waals surface area contributed by atoms with Crippen LogP contribution in [0.1, 0.15) is 16.2 Å². The second-order valence-electron chi connectivity index (χ2n) is 5.06. The van der Waals surface area contributed by atoms with Crippen LogP contribution < -0.4 is 5.32 Å². The number of benzene rings is 1. The largest absolute Gasteiger partial charge is 0.451 e. The Morgan fingerprint density at radius 1 is 1.26 bits per heavy atom. The number of hydrogen-bond donors (Lipinski definition) is 2. The Morgan fingerprint density at radius 3 is 3.00 bits per heavy atom. The first-order valence-corrected chi connectivity index (χ1v) is 6.93. The van der Waals surface area contributed by atoms with Crippen LogP contribution in [0.4, 0.5) is 4.39 Å². The number of oxazole rings is 1. The van der Waals surface area contributed by atoms with Gasteiger partial charge in [0, 0.05) is 22.5 Å². The van der Waals surface area contributed by atoms with Gasteiger partial charge in [-0.25, -0.2) is 14.4 Å². The van der Waals surface area contributed by atoms with E-state index in [1.165, 1.54) is 24.8 Å². The van der Waals surface area contributed by atoms with Crippen molar-refractivity contribution >= 4 is 27.7 Å². The van der Waals surface area contributed by atoms with Gasteiger partial charge in [0.25, 0.3) is 5.91 Å². The molecule has 4 rings (SSSR count). The number of carbonyl (C=O) groups is 1. The monoisotopic (exact) mass is 310 g/mol. The first kappa shape index (κ1) is 13.4. The maximum atomic E-state index is 13.4. The molecular weight excluding hydrogens is 299 g/mol. The molecule has 23 heavy (non-hydrogen) atoms. The third-order valence-corrected chi connectivity index (χ3v) is 3.61. The van der Waals surface area contributed by atoms with Crippen LogP contribution in [0.3, 0.4) is 0 Å². The van der Waals surface area contributed by atoms with E-state index in [-0.39, 0.29) is 24.0 Å². The lowest BCUT2D eigenvalue weighted by Gasteiger charge is -2.03. The second kappa shape index (κ2) is 5.20. The van der Waals surface area contributed by atoms with Gasteiger partial charge in [0.05, 0.1) is 17.8 Å². The summed E-state index contributed by atoms with van der Waals surface area (Å²) in [5.74, 6) is -0.681. The molecule has 0 radical (unpaired) electrons. The van der Waals surface area contributed by atoms with E-state index in [4.69, 9.17) is 4.42 Å². The topological polar surface area (TPSA) is 83.8 Å². The zero-order valence-electron chi connectivity index (χ0n) is 11.8. The van der Waals surface area contributed by atoms with Gasteiger partial charge in [-0.05, 0) is 24.3 Å². The van der Waals surface area contributed by atoms with Crippen molar-refractivity contribution in [3.8, 4) is 0 Å². The molecule has 4 aromatic rings. The van der Waals surface area contributed by atoms with Gasteiger partial charge in [-0.15, -0.1) is 0 Å². The van der Waals surface area contributed by atoms with E-state index in [0.717, 1.165) is 10.8 Å². The highest BCUT2D eigenvalue weighted by Gasteiger charge is 2.15. The summed E-state index contributed by atoms with van der Waals surface area (Å²) in [4.78, 5) is 23.5. The van der Waals surface area contributed by atoms with Crippen molar-refractivity contribution in [2.24, 2.45) is 0 Å². The number of pyridine rings is 1. The van der Waals surface area contributed by atoms with E-state index in [1.54, 1.807) is 18.3 Å². The van der Waals surface area contributed by atoms with E-state index >= 15 is 0 Å². The predicted molar refractivity (Wildman–Crippen MR) is 81.2 cm³/mol. The molecule has 0 aliphatic carbocycles. The Bertz CT molecular complexity index is 1010. The van der Waals surface area contributed by atoms with Gasteiger partial charge in [0.2, 0.25) is 0 Å². The number of aromatic amines is 1. The van der Waals surface area contributed by atoms with Crippen LogP contribution in [-0.4, -0.2) is 20.9 Å². The van der Waals surface area contributed by atoms with Crippen LogP contribution in [0.5, 0.6) is 0 Å². The highest BCUT2D eigenvalue weighted by atomic mass is 19.1. The Balaban J connectivity index is 1.74. The fraction of sp³-hybridized carbons (Fsp3) is 0.0625. The van der Waals surface area contributed by atoms with Crippen LogP contribution in [0.15, 0.2) is 47.5 Å². The number of H-pyrrole nitrogens is 1. The van der Waals surface area contributed by atoms with Crippen molar-refractivity contribution in [2.45, 2.75) is 6.54 Å². The number of nitrogens with one attached hydrogen (secondary N) is 2. The Kier molecular flexibility index (Phi) is 3.04. The molecule has 0 saturated carbocycles. The van der Waals surface area contributed by atoms with Crippen molar-refractivity contribution in [1.29, 1.82) is 0 Å². The maximum Gasteiger partial charge on any atom is 0.272 e. The highest BCUT2D eigenvalue weighted by molar-refractivity contribution is 6.13. The average Bonchev–Trinajstić information content (AvgIpc) is 3.18. The van der Waals surface area contributed by atoms with Gasteiger partial charge < -0.3 is 14.7 Å². The third-order valence-electron chi connectivity index (χ3n) is 3.61. The quantitative estimate of drug-likeness (QED) is 0.609. The standard InChI is InChI=1S/C16H11FN4O2/c17-9-1-2-11-12-3-4-18-15(14(12)21-13(11)5-9)16(22)19-6-10-7-23-8-20-10/h1-5,7-8,21H,6H2,(H,19,22). The van der Waals surface area contributed by atoms with Crippen LogP contribution in [0.2, 0.25) is 0 Å². The maximum absolute atomic E-state index is 13.4. The number of halogens is 1. The number of aromatic nitrogens is 3. The van der Waals surface area contributed by atoms with Gasteiger partial charge in [-0.2, -0.15) is 0 Å². The van der Waals surface area contributed by atoms with Crippen LogP contribution in [0.25, 0.3) is 21.8 Å². The number of amides is 1. The molecule has 1 amide bonds. The number of fused-ring (bicyclic) bond motifs is 3. The molecule has 0 aliphatic heterocycles. The van der Waals surface area contributed by atoms with Crippen molar-refractivity contribution < 1.29 is 13.6 Å². The van der Waals surface area contributed by atoms with Crippen molar-refractivity contribution in [2.75, 3.05) is 0 Å². The molecule has 2 N–H and O–H groups in total. The van der Waals surface area contributed by atoms with Crippen LogP contribution in [-0.2, 0) is 6.54 Å². The van der Waals surface area contributed by atoms with Crippen molar-refractivity contribution in [1.82, 2.24) is 20.3 Å². The van der Waals surface area contributed by atoms with Crippen LogP contribution in [0, 0.1) is 5.82 Å². The first-order chi connectivity index (χ1) is 11.2. The molecule has 3 heterocycles. The highest BCUT2D eigenvalue weighted by Crippen LogP contribution is 2.27. The van der Waals surface area contributed by atoms with E-state index in [1.807, 2.05) is 0 Å². The van der Waals surface area contributed by atoms with Gasteiger partial charge >= 0.3 is 0 Å². The number of nitrogens with zero attached hydrogens (tertiary/aromatic N) is 2. The normalized spacial score (nSPS) is 11.2. The lowest BCUT2D eigenvalue weighted by atomic mass is 10.1. The zero-order chi connectivity index (χ0) is 15.8. The Labute approximate surface area is 129 Å². The second-order valence-corrected chi connectivity index (χ2v) is 5.06. The summed E-state index contributed by atoms with van der Waals surface area (Å²) in [5.41, 5.74) is 2.07. The summed E-state index contributed by atoms with van der Waals surface area (Å²) >= 11 is 0. The fourth-order valence-corrected chi connectivity index (χ4v) is 2.55. The van der Waals surface area contributed by atoms with E-state index in [2.05, 4.69) is 20.3 Å². The van der Waals surface area contributed by atoms with Crippen molar-refractivity contribution in [3.63, 3.8) is 0 Å². The van der Waals surface area contributed by atoms with Gasteiger partial charge in [-0.1, -0.05) is 0 Å². The predicted octanol–water partition coefficient (Wildman–Crippen LogP) is 2.77. The van der Waals surface area contributed by atoms with Crippen LogP contribution >= 0.6 is 0 Å². The molecule has 1 aromatic carbocycles. The average molecular weight is 310 g/mol. The molecule has 0 unspecified atom stereocenters. The molecule has 0 fully saturated rings. The first-order valence-electron chi connectivity index (χ1n) is 6.93. The number of hydrogen-bond acceptors (Lipinski definition) is 4. The van der Waals surface area contributed by atoms with E-state index in [0.29, 0.717) is 16.7 Å². The van der Waals surface area contributed by atoms with E-state index in [9.17, 15) is 9.18 Å². The summed E-state index contributed by atoms with van der Waals surface area (Å²) in [6, 6.07) is 6.26. The minimum Gasteiger partial charge on any atom is -0.451 e. The molecule has 3 aromatic heterocycles. The summed E-state index contributed by atoms with van der Waals surface area (Å²) in [5, 5.41) is 4.39. The van der Waals surface area contributed by atoms with Gasteiger partial charge in [-0.3, -0.25) is 4.79 Å². The third kappa shape index (κ3) is 2.32. The minimum absolute atomic E-state index is 0.238. The lowest BCUT2D eigenvalue weighted by Crippen LogP contribution is -2.24. The van der Waals surface area contributed by atoms with Gasteiger partial charge in [0.15, 0.2) is 12.1 Å². The molecule has 0 bridgehead atoms. The Morgan fingerprint density at radius 2 is 2.17 bits per heavy atom. The molecular formula is C16H11FN4O2.